The highest BCUT2D eigenvalue weighted by molar-refractivity contribution is 5.85. The van der Waals surface area contributed by atoms with E-state index < -0.39 is 12.2 Å². The van der Waals surface area contributed by atoms with Gasteiger partial charge in [-0.3, -0.25) is 4.90 Å². The fourth-order valence-electron chi connectivity index (χ4n) is 1.74. The molecule has 0 heterocycles. The number of halogens is 2. The van der Waals surface area contributed by atoms with Crippen LogP contribution in [0.15, 0.2) is 0 Å². The number of hydrogen-bond acceptors (Lipinski definition) is 6. The number of nitrogens with zero attached hydrogens (tertiary/aromatic N) is 1. The lowest BCUT2D eigenvalue weighted by Gasteiger charge is -2.24. The molecule has 0 aromatic carbocycles. The third-order valence-electron chi connectivity index (χ3n) is 2.68. The van der Waals surface area contributed by atoms with E-state index in [1.54, 1.807) is 0 Å². The standard InChI is InChI=1S/C16H34N4O4.2ClH/c1-15(2,3)18-13(21)23-11-9-20(8-7-17)10-12-24-14(22)19-16(4,5)6;;/h7-12,17H2,1-6H3,(H,18,21)(H,19,22);2*1H. The maximum absolute atomic E-state index is 11.6. The first-order valence-corrected chi connectivity index (χ1v) is 8.25. The minimum absolute atomic E-state index is 0. The van der Waals surface area contributed by atoms with Crippen LogP contribution < -0.4 is 16.4 Å². The molecule has 26 heavy (non-hydrogen) atoms. The Morgan fingerprint density at radius 3 is 1.42 bits per heavy atom. The summed E-state index contributed by atoms with van der Waals surface area (Å²) < 4.78 is 10.3. The van der Waals surface area contributed by atoms with Gasteiger partial charge in [-0.15, -0.1) is 24.8 Å². The van der Waals surface area contributed by atoms with Crippen LogP contribution in [0.25, 0.3) is 0 Å². The van der Waals surface area contributed by atoms with Gasteiger partial charge in [-0.1, -0.05) is 0 Å². The van der Waals surface area contributed by atoms with Crippen molar-refractivity contribution in [3.8, 4) is 0 Å². The summed E-state index contributed by atoms with van der Waals surface area (Å²) in [4.78, 5) is 25.1. The van der Waals surface area contributed by atoms with Gasteiger partial charge in [0.1, 0.15) is 13.2 Å². The first-order valence-electron chi connectivity index (χ1n) is 8.25. The molecule has 0 spiro atoms. The summed E-state index contributed by atoms with van der Waals surface area (Å²) in [7, 11) is 0. The molecule has 0 aliphatic rings. The van der Waals surface area contributed by atoms with Gasteiger partial charge in [-0.05, 0) is 41.5 Å². The summed E-state index contributed by atoms with van der Waals surface area (Å²) in [6.07, 6.45) is -0.896. The molecule has 0 radical (unpaired) electrons. The molecule has 0 rings (SSSR count). The van der Waals surface area contributed by atoms with Gasteiger partial charge in [0.05, 0.1) is 0 Å². The van der Waals surface area contributed by atoms with Crippen molar-refractivity contribution >= 4 is 37.0 Å². The fourth-order valence-corrected chi connectivity index (χ4v) is 1.74. The van der Waals surface area contributed by atoms with Gasteiger partial charge in [-0.25, -0.2) is 9.59 Å². The molecule has 2 amide bonds. The quantitative estimate of drug-likeness (QED) is 0.557. The summed E-state index contributed by atoms with van der Waals surface area (Å²) in [6.45, 7) is 14.0. The van der Waals surface area contributed by atoms with Crippen molar-refractivity contribution in [1.29, 1.82) is 0 Å². The van der Waals surface area contributed by atoms with Crippen LogP contribution >= 0.6 is 24.8 Å². The van der Waals surface area contributed by atoms with Crippen LogP contribution in [0, 0.1) is 0 Å². The molecule has 0 aromatic rings. The Morgan fingerprint density at radius 2 is 1.15 bits per heavy atom. The van der Waals surface area contributed by atoms with Crippen molar-refractivity contribution in [3.05, 3.63) is 0 Å². The van der Waals surface area contributed by atoms with Crippen molar-refractivity contribution in [2.75, 3.05) is 39.4 Å². The molecule has 0 fully saturated rings. The van der Waals surface area contributed by atoms with Crippen LogP contribution in [-0.2, 0) is 9.47 Å². The highest BCUT2D eigenvalue weighted by Gasteiger charge is 2.16. The smallest absolute Gasteiger partial charge is 0.407 e. The lowest BCUT2D eigenvalue weighted by Crippen LogP contribution is -2.43. The molecule has 0 saturated carbocycles. The molecule has 0 atom stereocenters. The topological polar surface area (TPSA) is 106 Å². The first-order chi connectivity index (χ1) is 10.9. The molecule has 0 unspecified atom stereocenters. The van der Waals surface area contributed by atoms with E-state index in [2.05, 4.69) is 10.6 Å². The van der Waals surface area contributed by atoms with Gasteiger partial charge in [0.2, 0.25) is 0 Å². The van der Waals surface area contributed by atoms with Crippen molar-refractivity contribution in [3.63, 3.8) is 0 Å². The number of nitrogens with two attached hydrogens (primary N) is 1. The van der Waals surface area contributed by atoms with E-state index in [0.717, 1.165) is 0 Å². The lowest BCUT2D eigenvalue weighted by molar-refractivity contribution is 0.102. The van der Waals surface area contributed by atoms with E-state index >= 15 is 0 Å². The SMILES string of the molecule is CC(C)(C)NC(=O)OCCN(CCN)CCOC(=O)NC(C)(C)C.Cl.Cl. The Hall–Kier alpha value is -0.960. The summed E-state index contributed by atoms with van der Waals surface area (Å²) in [5, 5.41) is 5.45. The van der Waals surface area contributed by atoms with Gasteiger partial charge in [0, 0.05) is 37.3 Å². The van der Waals surface area contributed by atoms with E-state index in [4.69, 9.17) is 15.2 Å². The van der Waals surface area contributed by atoms with E-state index in [1.165, 1.54) is 0 Å². The third-order valence-corrected chi connectivity index (χ3v) is 2.68. The molecule has 0 aliphatic heterocycles. The molecule has 4 N–H and O–H groups in total. The van der Waals surface area contributed by atoms with E-state index in [1.807, 2.05) is 46.4 Å². The number of alkyl carbamates (subject to hydrolysis) is 2. The number of nitrogens with one attached hydrogen (secondary N) is 2. The number of hydrogen-bond donors (Lipinski definition) is 3. The highest BCUT2D eigenvalue weighted by Crippen LogP contribution is 2.00. The zero-order valence-electron chi connectivity index (χ0n) is 16.7. The summed E-state index contributed by atoms with van der Waals surface area (Å²) >= 11 is 0. The average Bonchev–Trinajstić information content (AvgIpc) is 2.34. The third kappa shape index (κ3) is 19.4. The van der Waals surface area contributed by atoms with Crippen LogP contribution in [0.1, 0.15) is 41.5 Å². The second kappa shape index (κ2) is 14.1. The van der Waals surface area contributed by atoms with Crippen LogP contribution in [0.2, 0.25) is 0 Å². The van der Waals surface area contributed by atoms with Crippen LogP contribution in [0.5, 0.6) is 0 Å². The Kier molecular flexibility index (Phi) is 16.2. The average molecular weight is 419 g/mol. The highest BCUT2D eigenvalue weighted by atomic mass is 35.5. The van der Waals surface area contributed by atoms with Gasteiger partial charge in [-0.2, -0.15) is 0 Å². The number of carbonyl (C=O) groups excluding carboxylic acids is 2. The van der Waals surface area contributed by atoms with Crippen LogP contribution in [-0.4, -0.2) is 67.6 Å². The summed E-state index contributed by atoms with van der Waals surface area (Å²) in [6, 6.07) is 0. The van der Waals surface area contributed by atoms with E-state index in [-0.39, 0.29) is 49.1 Å². The van der Waals surface area contributed by atoms with Gasteiger partial charge >= 0.3 is 12.2 Å². The predicted octanol–water partition coefficient (Wildman–Crippen LogP) is 2.14. The monoisotopic (exact) mass is 418 g/mol. The maximum Gasteiger partial charge on any atom is 0.407 e. The Morgan fingerprint density at radius 1 is 0.808 bits per heavy atom. The second-order valence-electron chi connectivity index (χ2n) is 7.65. The van der Waals surface area contributed by atoms with Crippen LogP contribution in [0.4, 0.5) is 9.59 Å². The van der Waals surface area contributed by atoms with E-state index in [0.29, 0.717) is 26.2 Å². The van der Waals surface area contributed by atoms with Gasteiger partial charge < -0.3 is 25.8 Å². The molecule has 8 nitrogen and oxygen atoms in total. The summed E-state index contributed by atoms with van der Waals surface area (Å²) in [5.41, 5.74) is 4.91. The first kappa shape index (κ1) is 29.8. The zero-order chi connectivity index (χ0) is 18.8. The Labute approximate surface area is 169 Å². The summed E-state index contributed by atoms with van der Waals surface area (Å²) in [5.74, 6) is 0. The normalized spacial score (nSPS) is 11.1. The second-order valence-corrected chi connectivity index (χ2v) is 7.65. The maximum atomic E-state index is 11.6. The number of rotatable bonds is 8. The van der Waals surface area contributed by atoms with Crippen molar-refractivity contribution in [2.24, 2.45) is 5.73 Å². The Bertz CT molecular complexity index is 365. The van der Waals surface area contributed by atoms with Gasteiger partial charge in [0.15, 0.2) is 0 Å². The molecule has 0 aliphatic carbocycles. The minimum Gasteiger partial charge on any atom is -0.448 e. The lowest BCUT2D eigenvalue weighted by atomic mass is 10.1. The Balaban J connectivity index is -0.00000264. The van der Waals surface area contributed by atoms with Crippen molar-refractivity contribution < 1.29 is 19.1 Å². The molecule has 158 valence electrons. The molecule has 0 saturated heterocycles. The number of ether oxygens (including phenoxy) is 2. The zero-order valence-corrected chi connectivity index (χ0v) is 18.3. The van der Waals surface area contributed by atoms with Crippen molar-refractivity contribution in [2.45, 2.75) is 52.6 Å². The molecule has 0 aromatic heterocycles. The van der Waals surface area contributed by atoms with E-state index in [9.17, 15) is 9.59 Å². The molecular weight excluding hydrogens is 383 g/mol. The molecular formula is C16H36Cl2N4O4. The van der Waals surface area contributed by atoms with Crippen LogP contribution in [0.3, 0.4) is 0 Å². The van der Waals surface area contributed by atoms with Crippen molar-refractivity contribution in [1.82, 2.24) is 15.5 Å². The fraction of sp³-hybridized carbons (Fsp3) is 0.875. The minimum atomic E-state index is -0.448. The largest absolute Gasteiger partial charge is 0.448 e. The molecule has 10 heteroatoms. The van der Waals surface area contributed by atoms with Gasteiger partial charge in [0.25, 0.3) is 0 Å². The molecule has 0 bridgehead atoms. The number of carbonyl (C=O) groups is 2. The predicted molar refractivity (Wildman–Crippen MR) is 108 cm³/mol. The number of amides is 2.